The van der Waals surface area contributed by atoms with Gasteiger partial charge in [-0.1, -0.05) is 11.6 Å². The molecule has 0 aliphatic heterocycles. The Morgan fingerprint density at radius 2 is 2.00 bits per heavy atom. The van der Waals surface area contributed by atoms with Crippen LogP contribution in [-0.2, 0) is 0 Å². The summed E-state index contributed by atoms with van der Waals surface area (Å²) < 4.78 is 0. The van der Waals surface area contributed by atoms with Crippen molar-refractivity contribution in [3.05, 3.63) is 23.2 Å². The number of rotatable bonds is 0. The number of benzene rings is 1. The summed E-state index contributed by atoms with van der Waals surface area (Å²) in [5.41, 5.74) is 0. The monoisotopic (exact) mass is 183 g/mol. The predicted molar refractivity (Wildman–Crippen MR) is 46.1 cm³/mol. The van der Waals surface area contributed by atoms with Crippen LogP contribution in [0.15, 0.2) is 23.1 Å². The summed E-state index contributed by atoms with van der Waals surface area (Å²) in [4.78, 5) is 0.541. The van der Waals surface area contributed by atoms with Gasteiger partial charge in [-0.3, -0.25) is 0 Å². The molecule has 1 aromatic carbocycles. The average molecular weight is 184 g/mol. The molecule has 1 aromatic rings. The molecule has 0 amide bonds. The zero-order valence-electron chi connectivity index (χ0n) is 5.50. The minimum absolute atomic E-state index is 0. The largest absolute Gasteiger partial charge is 0.507 e. The van der Waals surface area contributed by atoms with Crippen molar-refractivity contribution in [3.8, 4) is 5.75 Å². The standard InChI is InChI=1S/C6H5ClOS.Na/c7-4-1-2-6(9)5(8)3-4;/h1-3,8-9H;. The molecule has 0 unspecified atom stereocenters. The second-order valence-electron chi connectivity index (χ2n) is 1.63. The van der Waals surface area contributed by atoms with Crippen LogP contribution in [0.5, 0.6) is 5.75 Å². The van der Waals surface area contributed by atoms with Crippen LogP contribution >= 0.6 is 24.2 Å². The zero-order chi connectivity index (χ0) is 6.85. The summed E-state index contributed by atoms with van der Waals surface area (Å²) >= 11 is 9.46. The van der Waals surface area contributed by atoms with Crippen LogP contribution in [0.1, 0.15) is 0 Å². The Bertz CT molecular complexity index is 229. The Labute approximate surface area is 92.1 Å². The van der Waals surface area contributed by atoms with Gasteiger partial charge in [0, 0.05) is 39.5 Å². The van der Waals surface area contributed by atoms with Gasteiger partial charge in [0.15, 0.2) is 0 Å². The molecule has 0 atom stereocenters. The van der Waals surface area contributed by atoms with E-state index in [0.29, 0.717) is 9.92 Å². The van der Waals surface area contributed by atoms with Gasteiger partial charge < -0.3 is 5.11 Å². The second kappa shape index (κ2) is 4.52. The van der Waals surface area contributed by atoms with Gasteiger partial charge in [-0.05, 0) is 18.2 Å². The molecule has 0 fully saturated rings. The molecule has 10 heavy (non-hydrogen) atoms. The maximum atomic E-state index is 8.94. The molecule has 0 aliphatic rings. The molecule has 1 N–H and O–H groups in total. The Balaban J connectivity index is 0.000000810. The normalized spacial score (nSPS) is 8.60. The van der Waals surface area contributed by atoms with Gasteiger partial charge in [0.25, 0.3) is 0 Å². The van der Waals surface area contributed by atoms with Gasteiger partial charge in [0.05, 0.1) is 0 Å². The van der Waals surface area contributed by atoms with Gasteiger partial charge in [-0.15, -0.1) is 12.6 Å². The Hall–Kier alpha value is 0.660. The van der Waals surface area contributed by atoms with Crippen LogP contribution in [0.4, 0.5) is 0 Å². The molecule has 0 saturated carbocycles. The fourth-order valence-corrected chi connectivity index (χ4v) is 0.802. The smallest absolute Gasteiger partial charge is 0.130 e. The van der Waals surface area contributed by atoms with Crippen molar-refractivity contribution in [2.75, 3.05) is 0 Å². The van der Waals surface area contributed by atoms with Crippen molar-refractivity contribution in [1.82, 2.24) is 0 Å². The average Bonchev–Trinajstić information content (AvgIpc) is 1.80. The Morgan fingerprint density at radius 1 is 1.40 bits per heavy atom. The summed E-state index contributed by atoms with van der Waals surface area (Å²) in [5, 5.41) is 9.46. The van der Waals surface area contributed by atoms with Crippen molar-refractivity contribution in [1.29, 1.82) is 0 Å². The van der Waals surface area contributed by atoms with E-state index in [4.69, 9.17) is 16.7 Å². The maximum Gasteiger partial charge on any atom is 0.130 e. The molecule has 0 bridgehead atoms. The van der Waals surface area contributed by atoms with Crippen molar-refractivity contribution >= 4 is 53.8 Å². The molecule has 0 aromatic heterocycles. The third-order valence-electron chi connectivity index (χ3n) is 0.937. The molecular weight excluding hydrogens is 179 g/mol. The molecular formula is C6H5ClNaOS. The van der Waals surface area contributed by atoms with Crippen LogP contribution < -0.4 is 0 Å². The summed E-state index contributed by atoms with van der Waals surface area (Å²) in [6.45, 7) is 0. The second-order valence-corrected chi connectivity index (χ2v) is 2.55. The Kier molecular flexibility index (Phi) is 4.82. The summed E-state index contributed by atoms with van der Waals surface area (Å²) in [7, 11) is 0. The first-order chi connectivity index (χ1) is 4.20. The van der Waals surface area contributed by atoms with Crippen molar-refractivity contribution in [2.24, 2.45) is 0 Å². The van der Waals surface area contributed by atoms with Crippen LogP contribution in [0.25, 0.3) is 0 Å². The number of thiol groups is 1. The predicted octanol–water partition coefficient (Wildman–Crippen LogP) is 1.95. The first-order valence-corrected chi connectivity index (χ1v) is 3.20. The molecule has 1 radical (unpaired) electrons. The van der Waals surface area contributed by atoms with Crippen LogP contribution in [0.2, 0.25) is 5.02 Å². The first kappa shape index (κ1) is 10.7. The molecule has 49 valence electrons. The van der Waals surface area contributed by atoms with E-state index in [-0.39, 0.29) is 35.3 Å². The molecule has 0 saturated heterocycles. The molecule has 0 heterocycles. The van der Waals surface area contributed by atoms with E-state index in [2.05, 4.69) is 12.6 Å². The molecule has 1 rings (SSSR count). The fraction of sp³-hybridized carbons (Fsp3) is 0. The summed E-state index contributed by atoms with van der Waals surface area (Å²) in [5.74, 6) is 0.117. The minimum Gasteiger partial charge on any atom is -0.507 e. The van der Waals surface area contributed by atoms with E-state index < -0.39 is 0 Å². The number of phenolic OH excluding ortho intramolecular Hbond substituents is 1. The molecule has 1 nitrogen and oxygen atoms in total. The van der Waals surface area contributed by atoms with E-state index in [1.807, 2.05) is 0 Å². The number of halogens is 1. The van der Waals surface area contributed by atoms with Gasteiger partial charge >= 0.3 is 0 Å². The third-order valence-corrected chi connectivity index (χ3v) is 1.55. The third kappa shape index (κ3) is 2.72. The van der Waals surface area contributed by atoms with Gasteiger partial charge in [-0.25, -0.2) is 0 Å². The molecule has 0 spiro atoms. The zero-order valence-corrected chi connectivity index (χ0v) is 9.15. The van der Waals surface area contributed by atoms with Crippen molar-refractivity contribution in [3.63, 3.8) is 0 Å². The van der Waals surface area contributed by atoms with Gasteiger partial charge in [0.2, 0.25) is 0 Å². The molecule has 0 aliphatic carbocycles. The number of hydrogen-bond acceptors (Lipinski definition) is 2. The maximum absolute atomic E-state index is 8.94. The number of hydrogen-bond donors (Lipinski definition) is 2. The topological polar surface area (TPSA) is 20.2 Å². The van der Waals surface area contributed by atoms with Crippen LogP contribution in [-0.4, -0.2) is 34.7 Å². The van der Waals surface area contributed by atoms with E-state index in [9.17, 15) is 0 Å². The quantitative estimate of drug-likeness (QED) is 0.466. The van der Waals surface area contributed by atoms with E-state index in [0.717, 1.165) is 0 Å². The first-order valence-electron chi connectivity index (χ1n) is 2.37. The number of aromatic hydroxyl groups is 1. The summed E-state index contributed by atoms with van der Waals surface area (Å²) in [6, 6.07) is 4.76. The van der Waals surface area contributed by atoms with Gasteiger partial charge in [-0.2, -0.15) is 0 Å². The SMILES string of the molecule is Oc1cc(Cl)ccc1S.[Na]. The van der Waals surface area contributed by atoms with Crippen LogP contribution in [0, 0.1) is 0 Å². The van der Waals surface area contributed by atoms with E-state index in [1.165, 1.54) is 6.07 Å². The van der Waals surface area contributed by atoms with Crippen LogP contribution in [0.3, 0.4) is 0 Å². The minimum atomic E-state index is 0. The van der Waals surface area contributed by atoms with E-state index in [1.54, 1.807) is 12.1 Å². The summed E-state index contributed by atoms with van der Waals surface area (Å²) in [6.07, 6.45) is 0. The number of phenols is 1. The van der Waals surface area contributed by atoms with E-state index >= 15 is 0 Å². The Morgan fingerprint density at radius 3 is 2.40 bits per heavy atom. The fourth-order valence-electron chi connectivity index (χ4n) is 0.497. The van der Waals surface area contributed by atoms with Crippen molar-refractivity contribution < 1.29 is 5.11 Å². The van der Waals surface area contributed by atoms with Crippen molar-refractivity contribution in [2.45, 2.75) is 4.90 Å². The molecule has 4 heteroatoms. The van der Waals surface area contributed by atoms with Gasteiger partial charge in [0.1, 0.15) is 5.75 Å².